The first-order chi connectivity index (χ1) is 13.3. The lowest BCUT2D eigenvalue weighted by atomic mass is 10.2. The summed E-state index contributed by atoms with van der Waals surface area (Å²) in [6.45, 7) is 3.10. The molecule has 1 unspecified atom stereocenters. The molecule has 0 saturated heterocycles. The van der Waals surface area contributed by atoms with Crippen molar-refractivity contribution in [1.82, 2.24) is 0 Å². The van der Waals surface area contributed by atoms with E-state index in [1.165, 1.54) is 27.2 Å². The van der Waals surface area contributed by atoms with Gasteiger partial charge in [0, 0.05) is 5.02 Å². The summed E-state index contributed by atoms with van der Waals surface area (Å²) in [4.78, 5) is 24.5. The van der Waals surface area contributed by atoms with E-state index in [1.54, 1.807) is 24.3 Å². The van der Waals surface area contributed by atoms with Crippen LogP contribution in [0, 0.1) is 6.92 Å². The van der Waals surface area contributed by atoms with Crippen LogP contribution in [-0.4, -0.2) is 32.0 Å². The number of hydrogen-bond donors (Lipinski definition) is 1. The number of benzene rings is 2. The van der Waals surface area contributed by atoms with Crippen LogP contribution in [-0.2, 0) is 9.59 Å². The van der Waals surface area contributed by atoms with E-state index in [0.29, 0.717) is 16.5 Å². The third-order valence-electron chi connectivity index (χ3n) is 3.69. The van der Waals surface area contributed by atoms with Gasteiger partial charge in [0.2, 0.25) is 6.04 Å². The normalized spacial score (nSPS) is 11.9. The van der Waals surface area contributed by atoms with Crippen molar-refractivity contribution in [3.05, 3.63) is 45.9 Å². The highest BCUT2D eigenvalue weighted by molar-refractivity contribution is 6.35. The number of carbonyl (C=O) groups excluding carboxylic acids is 2. The number of azo groups is 1. The summed E-state index contributed by atoms with van der Waals surface area (Å²) in [5, 5.41) is 11.1. The lowest BCUT2D eigenvalue weighted by Crippen LogP contribution is -2.31. The van der Waals surface area contributed by atoms with Crippen LogP contribution >= 0.6 is 23.2 Å². The Morgan fingerprint density at radius 1 is 1.11 bits per heavy atom. The largest absolute Gasteiger partial charge is 0.493 e. The van der Waals surface area contributed by atoms with Crippen molar-refractivity contribution >= 4 is 46.3 Å². The smallest absolute Gasteiger partial charge is 0.258 e. The third-order valence-corrected chi connectivity index (χ3v) is 4.29. The molecule has 0 radical (unpaired) electrons. The van der Waals surface area contributed by atoms with Crippen LogP contribution in [0.2, 0.25) is 10.0 Å². The van der Waals surface area contributed by atoms with E-state index in [9.17, 15) is 9.59 Å². The SMILES string of the molecule is COc1ccc(NC(=O)C(N=Nc2cc(C)cc(Cl)c2)C(C)=O)c(Cl)c1OC. The Balaban J connectivity index is 2.26. The van der Waals surface area contributed by atoms with Crippen LogP contribution < -0.4 is 14.8 Å². The van der Waals surface area contributed by atoms with Gasteiger partial charge in [0.1, 0.15) is 5.02 Å². The first-order valence-electron chi connectivity index (χ1n) is 8.16. The molecule has 7 nitrogen and oxygen atoms in total. The maximum Gasteiger partial charge on any atom is 0.258 e. The number of aryl methyl sites for hydroxylation is 1. The Morgan fingerprint density at radius 2 is 1.82 bits per heavy atom. The summed E-state index contributed by atoms with van der Waals surface area (Å²) in [5.74, 6) is -0.484. The molecule has 0 bridgehead atoms. The van der Waals surface area contributed by atoms with E-state index in [1.807, 2.05) is 6.92 Å². The van der Waals surface area contributed by atoms with E-state index in [0.717, 1.165) is 5.56 Å². The van der Waals surface area contributed by atoms with E-state index >= 15 is 0 Å². The fourth-order valence-corrected chi connectivity index (χ4v) is 2.97. The van der Waals surface area contributed by atoms with Gasteiger partial charge in [-0.1, -0.05) is 23.2 Å². The summed E-state index contributed by atoms with van der Waals surface area (Å²) in [6.07, 6.45) is 0. The molecule has 0 fully saturated rings. The van der Waals surface area contributed by atoms with Crippen molar-refractivity contribution < 1.29 is 19.1 Å². The van der Waals surface area contributed by atoms with Gasteiger partial charge < -0.3 is 14.8 Å². The highest BCUT2D eigenvalue weighted by Gasteiger charge is 2.25. The molecule has 0 aliphatic carbocycles. The van der Waals surface area contributed by atoms with Crippen LogP contribution in [0.3, 0.4) is 0 Å². The van der Waals surface area contributed by atoms with Crippen molar-refractivity contribution in [2.24, 2.45) is 10.2 Å². The molecule has 1 amide bonds. The van der Waals surface area contributed by atoms with Gasteiger partial charge in [-0.15, -0.1) is 0 Å². The molecule has 2 aromatic carbocycles. The second-order valence-corrected chi connectivity index (χ2v) is 6.68. The Hall–Kier alpha value is -2.64. The predicted molar refractivity (Wildman–Crippen MR) is 108 cm³/mol. The number of Topliss-reactive ketones (excluding diaryl/α,β-unsaturated/α-hetero) is 1. The zero-order valence-corrected chi connectivity index (χ0v) is 17.3. The monoisotopic (exact) mass is 423 g/mol. The van der Waals surface area contributed by atoms with Gasteiger partial charge in [-0.2, -0.15) is 10.2 Å². The predicted octanol–water partition coefficient (Wildman–Crippen LogP) is 5.00. The number of rotatable bonds is 7. The van der Waals surface area contributed by atoms with Crippen molar-refractivity contribution in [1.29, 1.82) is 0 Å². The van der Waals surface area contributed by atoms with Crippen molar-refractivity contribution in [3.63, 3.8) is 0 Å². The molecule has 0 spiro atoms. The molecule has 1 atom stereocenters. The number of nitrogens with zero attached hydrogens (tertiary/aromatic N) is 2. The zero-order valence-electron chi connectivity index (χ0n) is 15.7. The average molecular weight is 424 g/mol. The average Bonchev–Trinajstić information content (AvgIpc) is 2.62. The molecule has 0 saturated carbocycles. The number of carbonyl (C=O) groups is 2. The van der Waals surface area contributed by atoms with Gasteiger partial charge >= 0.3 is 0 Å². The summed E-state index contributed by atoms with van der Waals surface area (Å²) in [7, 11) is 2.89. The Labute approximate surface area is 172 Å². The summed E-state index contributed by atoms with van der Waals surface area (Å²) >= 11 is 12.2. The summed E-state index contributed by atoms with van der Waals surface area (Å²) < 4.78 is 10.3. The van der Waals surface area contributed by atoms with Gasteiger partial charge in [0.05, 0.1) is 25.6 Å². The minimum atomic E-state index is -1.34. The molecular weight excluding hydrogens is 405 g/mol. The molecule has 0 aliphatic heterocycles. The quantitative estimate of drug-likeness (QED) is 0.501. The fourth-order valence-electron chi connectivity index (χ4n) is 2.40. The zero-order chi connectivity index (χ0) is 20.8. The summed E-state index contributed by atoms with van der Waals surface area (Å²) in [5.41, 5.74) is 1.57. The van der Waals surface area contributed by atoms with E-state index in [4.69, 9.17) is 32.7 Å². The van der Waals surface area contributed by atoms with E-state index in [2.05, 4.69) is 15.5 Å². The molecule has 0 heterocycles. The second-order valence-electron chi connectivity index (χ2n) is 5.87. The Kier molecular flexibility index (Phi) is 7.37. The van der Waals surface area contributed by atoms with Crippen LogP contribution in [0.1, 0.15) is 12.5 Å². The molecular formula is C19H19Cl2N3O4. The minimum Gasteiger partial charge on any atom is -0.493 e. The number of ketones is 1. The molecule has 148 valence electrons. The molecule has 0 aliphatic rings. The van der Waals surface area contributed by atoms with Gasteiger partial charge in [0.25, 0.3) is 5.91 Å². The fraction of sp³-hybridized carbons (Fsp3) is 0.263. The number of halogens is 2. The maximum atomic E-state index is 12.6. The first kappa shape index (κ1) is 21.7. The first-order valence-corrected chi connectivity index (χ1v) is 8.92. The minimum absolute atomic E-state index is 0.139. The Bertz CT molecular complexity index is 911. The number of hydrogen-bond acceptors (Lipinski definition) is 6. The highest BCUT2D eigenvalue weighted by Crippen LogP contribution is 2.40. The van der Waals surface area contributed by atoms with Crippen LogP contribution in [0.15, 0.2) is 40.6 Å². The highest BCUT2D eigenvalue weighted by atomic mass is 35.5. The maximum absolute atomic E-state index is 12.6. The molecule has 0 aromatic heterocycles. The molecule has 1 N–H and O–H groups in total. The van der Waals surface area contributed by atoms with Crippen LogP contribution in [0.25, 0.3) is 0 Å². The number of nitrogens with one attached hydrogen (secondary N) is 1. The standard InChI is InChI=1S/C19H19Cl2N3O4/c1-10-7-12(20)9-13(8-10)23-24-17(11(2)25)19(26)22-14-5-6-15(27-3)18(28-4)16(14)21/h5-9,17H,1-4H3,(H,22,26). The van der Waals surface area contributed by atoms with Gasteiger partial charge in [-0.05, 0) is 49.7 Å². The van der Waals surface area contributed by atoms with Crippen LogP contribution in [0.4, 0.5) is 11.4 Å². The topological polar surface area (TPSA) is 89.4 Å². The number of ether oxygens (including phenoxy) is 2. The second kappa shape index (κ2) is 9.52. The van der Waals surface area contributed by atoms with E-state index in [-0.39, 0.29) is 16.5 Å². The lowest BCUT2D eigenvalue weighted by molar-refractivity contribution is -0.126. The third kappa shape index (κ3) is 5.21. The number of anilines is 1. The van der Waals surface area contributed by atoms with Crippen LogP contribution in [0.5, 0.6) is 11.5 Å². The van der Waals surface area contributed by atoms with Gasteiger partial charge in [-0.3, -0.25) is 9.59 Å². The lowest BCUT2D eigenvalue weighted by Gasteiger charge is -2.14. The van der Waals surface area contributed by atoms with Gasteiger partial charge in [-0.25, -0.2) is 0 Å². The van der Waals surface area contributed by atoms with E-state index < -0.39 is 17.7 Å². The number of methoxy groups -OCH3 is 2. The van der Waals surface area contributed by atoms with Crippen molar-refractivity contribution in [3.8, 4) is 11.5 Å². The molecule has 9 heteroatoms. The number of amides is 1. The summed E-state index contributed by atoms with van der Waals surface area (Å²) in [6, 6.07) is 6.85. The molecule has 28 heavy (non-hydrogen) atoms. The molecule has 2 aromatic rings. The van der Waals surface area contributed by atoms with Gasteiger partial charge in [0.15, 0.2) is 17.3 Å². The molecule has 2 rings (SSSR count). The van der Waals surface area contributed by atoms with Crippen molar-refractivity contribution in [2.45, 2.75) is 19.9 Å². The Morgan fingerprint density at radius 3 is 2.39 bits per heavy atom. The van der Waals surface area contributed by atoms with Crippen molar-refractivity contribution in [2.75, 3.05) is 19.5 Å².